The first-order valence-corrected chi connectivity index (χ1v) is 5.61. The zero-order valence-electron chi connectivity index (χ0n) is 8.35. The van der Waals surface area contributed by atoms with E-state index in [0.29, 0.717) is 9.21 Å². The van der Waals surface area contributed by atoms with Crippen molar-refractivity contribution in [2.45, 2.75) is 0 Å². The van der Waals surface area contributed by atoms with Gasteiger partial charge in [-0.05, 0) is 12.1 Å². The first-order valence-electron chi connectivity index (χ1n) is 4.42. The maximum atomic E-state index is 11.9. The van der Waals surface area contributed by atoms with Crippen LogP contribution in [0.5, 0.6) is 0 Å². The quantitative estimate of drug-likeness (QED) is 0.824. The van der Waals surface area contributed by atoms with Crippen molar-refractivity contribution in [3.05, 3.63) is 34.0 Å². The van der Waals surface area contributed by atoms with Crippen LogP contribution in [0, 0.1) is 0 Å². The van der Waals surface area contributed by atoms with E-state index >= 15 is 0 Å². The summed E-state index contributed by atoms with van der Waals surface area (Å²) in [5.74, 6) is -1.41. The van der Waals surface area contributed by atoms with Gasteiger partial charge in [0.05, 0.1) is 9.21 Å². The number of hydrogen-bond donors (Lipinski definition) is 1. The molecule has 1 rings (SSSR count). The van der Waals surface area contributed by atoms with E-state index in [2.05, 4.69) is 6.58 Å². The minimum atomic E-state index is -1.06. The summed E-state index contributed by atoms with van der Waals surface area (Å²) in [5.41, 5.74) is 0. The molecular formula is C10H10ClNO3S. The van der Waals surface area contributed by atoms with Gasteiger partial charge in [-0.1, -0.05) is 17.7 Å². The Balaban J connectivity index is 2.81. The van der Waals surface area contributed by atoms with Crippen molar-refractivity contribution in [3.63, 3.8) is 0 Å². The molecular weight excluding hydrogens is 250 g/mol. The minimum absolute atomic E-state index is 0.195. The predicted molar refractivity (Wildman–Crippen MR) is 63.1 cm³/mol. The summed E-state index contributed by atoms with van der Waals surface area (Å²) in [4.78, 5) is 24.0. The zero-order valence-corrected chi connectivity index (χ0v) is 9.92. The van der Waals surface area contributed by atoms with Gasteiger partial charge in [0, 0.05) is 6.54 Å². The predicted octanol–water partition coefficient (Wildman–Crippen LogP) is 2.11. The van der Waals surface area contributed by atoms with Crippen molar-refractivity contribution in [1.82, 2.24) is 4.90 Å². The molecule has 0 saturated heterocycles. The lowest BCUT2D eigenvalue weighted by atomic mass is 10.3. The Morgan fingerprint density at radius 2 is 2.25 bits per heavy atom. The average molecular weight is 260 g/mol. The number of rotatable bonds is 5. The Morgan fingerprint density at radius 3 is 2.69 bits per heavy atom. The summed E-state index contributed by atoms with van der Waals surface area (Å²) in [7, 11) is 0. The molecule has 0 aliphatic rings. The molecule has 1 aromatic rings. The molecule has 0 radical (unpaired) electrons. The Hall–Kier alpha value is -1.33. The fourth-order valence-electron chi connectivity index (χ4n) is 1.12. The van der Waals surface area contributed by atoms with E-state index in [1.54, 1.807) is 12.1 Å². The van der Waals surface area contributed by atoms with Gasteiger partial charge >= 0.3 is 5.97 Å². The normalized spacial score (nSPS) is 9.81. The van der Waals surface area contributed by atoms with Gasteiger partial charge in [-0.25, -0.2) is 0 Å². The van der Waals surface area contributed by atoms with Gasteiger partial charge in [0.1, 0.15) is 6.54 Å². The highest BCUT2D eigenvalue weighted by molar-refractivity contribution is 7.17. The van der Waals surface area contributed by atoms with Gasteiger partial charge in [0.15, 0.2) is 0 Å². The van der Waals surface area contributed by atoms with Crippen LogP contribution in [0.3, 0.4) is 0 Å². The third kappa shape index (κ3) is 3.36. The summed E-state index contributed by atoms with van der Waals surface area (Å²) in [5, 5.41) is 8.66. The Labute approximate surface area is 102 Å². The molecule has 0 unspecified atom stereocenters. The molecule has 86 valence electrons. The maximum absolute atomic E-state index is 11.9. The van der Waals surface area contributed by atoms with Crippen LogP contribution in [-0.2, 0) is 4.79 Å². The second kappa shape index (κ2) is 5.67. The van der Waals surface area contributed by atoms with Crippen LogP contribution in [0.4, 0.5) is 0 Å². The van der Waals surface area contributed by atoms with Crippen molar-refractivity contribution >= 4 is 34.8 Å². The number of thiophene rings is 1. The second-order valence-electron chi connectivity index (χ2n) is 2.97. The van der Waals surface area contributed by atoms with Crippen LogP contribution < -0.4 is 0 Å². The number of carbonyl (C=O) groups excluding carboxylic acids is 1. The van der Waals surface area contributed by atoms with Gasteiger partial charge in [-0.3, -0.25) is 9.59 Å². The topological polar surface area (TPSA) is 57.6 Å². The zero-order chi connectivity index (χ0) is 12.1. The second-order valence-corrected chi connectivity index (χ2v) is 4.69. The van der Waals surface area contributed by atoms with Gasteiger partial charge in [-0.15, -0.1) is 17.9 Å². The third-order valence-electron chi connectivity index (χ3n) is 1.75. The van der Waals surface area contributed by atoms with Gasteiger partial charge in [0.2, 0.25) is 0 Å². The first-order chi connectivity index (χ1) is 7.54. The largest absolute Gasteiger partial charge is 0.480 e. The lowest BCUT2D eigenvalue weighted by Crippen LogP contribution is -2.35. The van der Waals surface area contributed by atoms with Gasteiger partial charge in [-0.2, -0.15) is 0 Å². The number of hydrogen-bond acceptors (Lipinski definition) is 3. The fraction of sp³-hybridized carbons (Fsp3) is 0.200. The molecule has 1 N–H and O–H groups in total. The van der Waals surface area contributed by atoms with Crippen LogP contribution >= 0.6 is 22.9 Å². The maximum Gasteiger partial charge on any atom is 0.323 e. The summed E-state index contributed by atoms with van der Waals surface area (Å²) in [6, 6.07) is 3.18. The molecule has 0 atom stereocenters. The number of amides is 1. The van der Waals surface area contributed by atoms with E-state index in [9.17, 15) is 9.59 Å². The molecule has 0 spiro atoms. The van der Waals surface area contributed by atoms with E-state index in [4.69, 9.17) is 16.7 Å². The molecule has 1 amide bonds. The highest BCUT2D eigenvalue weighted by atomic mass is 35.5. The van der Waals surface area contributed by atoms with Crippen LogP contribution in [0.2, 0.25) is 4.34 Å². The van der Waals surface area contributed by atoms with E-state index < -0.39 is 5.97 Å². The molecule has 1 aromatic heterocycles. The number of nitrogens with zero attached hydrogens (tertiary/aromatic N) is 1. The molecule has 0 fully saturated rings. The average Bonchev–Trinajstić information content (AvgIpc) is 2.62. The van der Waals surface area contributed by atoms with Crippen molar-refractivity contribution in [2.75, 3.05) is 13.1 Å². The lowest BCUT2D eigenvalue weighted by molar-refractivity contribution is -0.137. The molecule has 0 aliphatic carbocycles. The SMILES string of the molecule is C=CCN(CC(=O)O)C(=O)c1ccc(Cl)s1. The molecule has 0 aliphatic heterocycles. The standard InChI is InChI=1S/C10H10ClNO3S/c1-2-5-12(6-9(13)14)10(15)7-3-4-8(11)16-7/h2-4H,1,5-6H2,(H,13,14). The lowest BCUT2D eigenvalue weighted by Gasteiger charge is -2.17. The highest BCUT2D eigenvalue weighted by Crippen LogP contribution is 2.22. The van der Waals surface area contributed by atoms with Crippen molar-refractivity contribution in [3.8, 4) is 0 Å². The van der Waals surface area contributed by atoms with Crippen LogP contribution in [-0.4, -0.2) is 35.0 Å². The minimum Gasteiger partial charge on any atom is -0.480 e. The van der Waals surface area contributed by atoms with Gasteiger partial charge < -0.3 is 10.0 Å². The summed E-state index contributed by atoms with van der Waals surface area (Å²) in [6.07, 6.45) is 1.48. The van der Waals surface area contributed by atoms with Crippen molar-refractivity contribution in [1.29, 1.82) is 0 Å². The van der Waals surface area contributed by atoms with Crippen LogP contribution in [0.15, 0.2) is 24.8 Å². The molecule has 16 heavy (non-hydrogen) atoms. The first kappa shape index (κ1) is 12.7. The summed E-state index contributed by atoms with van der Waals surface area (Å²) in [6.45, 7) is 3.33. The third-order valence-corrected chi connectivity index (χ3v) is 2.97. The molecule has 4 nitrogen and oxygen atoms in total. The number of carboxylic acids is 1. The molecule has 0 bridgehead atoms. The number of carbonyl (C=O) groups is 2. The van der Waals surface area contributed by atoms with E-state index in [-0.39, 0.29) is 19.0 Å². The van der Waals surface area contributed by atoms with E-state index in [0.717, 1.165) is 11.3 Å². The number of halogens is 1. The summed E-state index contributed by atoms with van der Waals surface area (Å²) < 4.78 is 0.497. The van der Waals surface area contributed by atoms with Crippen molar-refractivity contribution in [2.24, 2.45) is 0 Å². The molecule has 1 heterocycles. The van der Waals surface area contributed by atoms with Crippen molar-refractivity contribution < 1.29 is 14.7 Å². The Bertz CT molecular complexity index is 416. The monoisotopic (exact) mass is 259 g/mol. The number of aliphatic carboxylic acids is 1. The summed E-state index contributed by atoms with van der Waals surface area (Å²) >= 11 is 6.83. The Kier molecular flexibility index (Phi) is 4.52. The van der Waals surface area contributed by atoms with Gasteiger partial charge in [0.25, 0.3) is 5.91 Å². The molecule has 6 heteroatoms. The Morgan fingerprint density at radius 1 is 1.56 bits per heavy atom. The fourth-order valence-corrected chi connectivity index (χ4v) is 2.13. The van der Waals surface area contributed by atoms with E-state index in [1.165, 1.54) is 11.0 Å². The van der Waals surface area contributed by atoms with Crippen LogP contribution in [0.25, 0.3) is 0 Å². The highest BCUT2D eigenvalue weighted by Gasteiger charge is 2.18. The smallest absolute Gasteiger partial charge is 0.323 e. The van der Waals surface area contributed by atoms with Crippen LogP contribution in [0.1, 0.15) is 9.67 Å². The van der Waals surface area contributed by atoms with E-state index in [1.807, 2.05) is 0 Å². The molecule has 0 saturated carbocycles. The number of carboxylic acid groups (broad SMARTS) is 1. The molecule has 0 aromatic carbocycles.